The maximum Gasteiger partial charge on any atom is 0.386 e. The molecule has 0 unspecified atom stereocenters. The minimum Gasteiger partial charge on any atom is -0.474 e. The third-order valence-corrected chi connectivity index (χ3v) is 23.7. The van der Waals surface area contributed by atoms with E-state index in [1.54, 1.807) is 12.3 Å². The van der Waals surface area contributed by atoms with Crippen LogP contribution in [0.15, 0.2) is 29.7 Å². The summed E-state index contributed by atoms with van der Waals surface area (Å²) in [6.07, 6.45) is -1.32. The Morgan fingerprint density at radius 1 is 0.965 bits per heavy atom. The molecule has 0 radical (unpaired) electrons. The van der Waals surface area contributed by atoms with Crippen molar-refractivity contribution in [1.82, 2.24) is 29.5 Å². The first-order valence-corrected chi connectivity index (χ1v) is 28.2. The molecule has 3 fully saturated rings. The van der Waals surface area contributed by atoms with Gasteiger partial charge in [0.15, 0.2) is 17.4 Å². The minimum absolute atomic E-state index is 0.0341. The second-order valence-electron chi connectivity index (χ2n) is 15.9. The van der Waals surface area contributed by atoms with E-state index in [1.807, 2.05) is 55.4 Å². The van der Waals surface area contributed by atoms with Crippen molar-refractivity contribution < 1.29 is 50.0 Å². The molecular formula is C32H53N7O12P2S2Si2. The summed E-state index contributed by atoms with van der Waals surface area (Å²) in [5.41, 5.74) is 4.42. The smallest absolute Gasteiger partial charge is 0.386 e. The van der Waals surface area contributed by atoms with Crippen molar-refractivity contribution in [2.24, 2.45) is 5.92 Å². The van der Waals surface area contributed by atoms with Gasteiger partial charge in [-0.1, -0.05) is 79.9 Å². The third-order valence-electron chi connectivity index (χ3n) is 10.7. The molecule has 0 aromatic carbocycles. The molecule has 1 aliphatic carbocycles. The zero-order valence-electron chi connectivity index (χ0n) is 33.0. The lowest BCUT2D eigenvalue weighted by Crippen LogP contribution is -2.62. The lowest BCUT2D eigenvalue weighted by molar-refractivity contribution is -0.0490. The molecule has 57 heavy (non-hydrogen) atoms. The second kappa shape index (κ2) is 17.3. The molecule has 2 bridgehead atoms. The molecular weight excluding hydrogens is 857 g/mol. The lowest BCUT2D eigenvalue weighted by atomic mass is 10.1. The molecule has 2 aliphatic heterocycles. The van der Waals surface area contributed by atoms with Gasteiger partial charge in [-0.2, -0.15) is 4.98 Å². The summed E-state index contributed by atoms with van der Waals surface area (Å²) in [6, 6.07) is 1.61. The molecule has 0 amide bonds. The summed E-state index contributed by atoms with van der Waals surface area (Å²) in [4.78, 5) is 44.1. The number of imidazole rings is 1. The maximum atomic E-state index is 14.5. The summed E-state index contributed by atoms with van der Waals surface area (Å²) < 4.78 is 81.3. The number of rotatable bonds is 11. The Morgan fingerprint density at radius 2 is 1.63 bits per heavy atom. The summed E-state index contributed by atoms with van der Waals surface area (Å²) >= 11 is 8.82. The van der Waals surface area contributed by atoms with Crippen LogP contribution in [-0.2, 0) is 40.5 Å². The Hall–Kier alpha value is -1.70. The monoisotopic (exact) mass is 909 g/mol. The standard InChI is InChI=1S/C32H53N7O12P2S2Si2/c1-17(2)56(43,18(3)4)51-57(19(5)6,20(7)8)50-27-24-14-45-52(41,54)48-23-12-22(46-25-9-10-34-15-35-25)11-21(23)13-44-53(42,55)49-28(27)31(47-24)39-16-36-26-29(39)37-32(33)38-30(26)40/h9-10,15-24,27-28,31,43H,11-14H2,1-8H3,(H,41,54)(H,42,55)(H3,33,37,38,40)/t21-,22-,23+,24-,27-,28-,31-,52+,53-/m1/s1. The number of H-pyrrole nitrogens is 1. The first kappa shape index (κ1) is 44.8. The number of hydrogen-bond acceptors (Lipinski definition) is 17. The fourth-order valence-electron chi connectivity index (χ4n) is 7.72. The quantitative estimate of drug-likeness (QED) is 0.0834. The number of thiol groups is 2. The van der Waals surface area contributed by atoms with Gasteiger partial charge in [-0.25, -0.2) is 24.1 Å². The second-order valence-corrected chi connectivity index (χ2v) is 30.2. The molecule has 3 aliphatic rings. The van der Waals surface area contributed by atoms with E-state index in [0.717, 1.165) is 0 Å². The molecule has 0 spiro atoms. The van der Waals surface area contributed by atoms with Crippen LogP contribution in [0.5, 0.6) is 5.88 Å². The molecule has 1 saturated carbocycles. The van der Waals surface area contributed by atoms with E-state index in [0.29, 0.717) is 12.3 Å². The van der Waals surface area contributed by atoms with E-state index in [4.69, 9.17) is 41.8 Å². The number of nitrogens with one attached hydrogen (secondary N) is 1. The van der Waals surface area contributed by atoms with Crippen molar-refractivity contribution in [3.63, 3.8) is 0 Å². The number of nitrogens with two attached hydrogens (primary N) is 1. The van der Waals surface area contributed by atoms with Crippen molar-refractivity contribution >= 4 is 72.3 Å². The zero-order chi connectivity index (χ0) is 41.7. The summed E-state index contributed by atoms with van der Waals surface area (Å²) in [5.74, 6) is -0.359. The number of ether oxygens (including phenoxy) is 2. The Balaban J connectivity index is 1.43. The van der Waals surface area contributed by atoms with Crippen molar-refractivity contribution in [3.05, 3.63) is 35.3 Å². The van der Waals surface area contributed by atoms with Crippen molar-refractivity contribution in [3.8, 4) is 5.88 Å². The number of nitrogen functional groups attached to an aromatic ring is 1. The first-order chi connectivity index (χ1) is 26.6. The lowest BCUT2D eigenvalue weighted by Gasteiger charge is -2.47. The largest absolute Gasteiger partial charge is 0.474 e. The van der Waals surface area contributed by atoms with Gasteiger partial charge in [0.05, 0.1) is 25.6 Å². The molecule has 19 nitrogen and oxygen atoms in total. The topological polar surface area (TPSA) is 244 Å². The molecule has 5 heterocycles. The van der Waals surface area contributed by atoms with Gasteiger partial charge in [0.1, 0.15) is 30.7 Å². The van der Waals surface area contributed by atoms with Crippen LogP contribution in [0.3, 0.4) is 0 Å². The predicted molar refractivity (Wildman–Crippen MR) is 221 cm³/mol. The highest BCUT2D eigenvalue weighted by Gasteiger charge is 2.60. The predicted octanol–water partition coefficient (Wildman–Crippen LogP) is 6.06. The average molecular weight is 910 g/mol. The number of fused-ring (bicyclic) bond motifs is 4. The van der Waals surface area contributed by atoms with Gasteiger partial charge in [-0.3, -0.25) is 27.9 Å². The first-order valence-electron chi connectivity index (χ1n) is 18.9. The van der Waals surface area contributed by atoms with Gasteiger partial charge in [-0.05, 0) is 28.6 Å². The summed E-state index contributed by atoms with van der Waals surface area (Å²) in [6.45, 7) is 6.43. The minimum atomic E-state index is -4.33. The Bertz CT molecular complexity index is 2020. The average Bonchev–Trinajstić information content (AvgIpc) is 3.80. The molecule has 2 saturated heterocycles. The SMILES string of the molecule is CC(C)[Si](O)(O[Si](O[C@H]1[C@H]2O[P@](=O)(S)OC[C@H]3C[C@@H](Oc4ccncn4)C[C@@H]3O[P@@](=O)(S)OC[C@H]1O[C@H]2n1cnc2c(=O)[nH]c(N)nc21)(C(C)C)C(C)C)C(C)C. The van der Waals surface area contributed by atoms with Gasteiger partial charge in [-0.15, -0.1) is 0 Å². The molecule has 9 atom stereocenters. The fraction of sp³-hybridized carbons (Fsp3) is 0.719. The number of aromatic amines is 1. The van der Waals surface area contributed by atoms with Gasteiger partial charge in [0.25, 0.3) is 5.56 Å². The third kappa shape index (κ3) is 9.61. The highest BCUT2D eigenvalue weighted by molar-refractivity contribution is 8.44. The van der Waals surface area contributed by atoms with Crippen LogP contribution in [0.25, 0.3) is 11.2 Å². The molecule has 3 aromatic rings. The molecule has 3 aromatic heterocycles. The van der Waals surface area contributed by atoms with Gasteiger partial charge < -0.3 is 33.1 Å². The summed E-state index contributed by atoms with van der Waals surface area (Å²) in [7, 11) is -7.08. The van der Waals surface area contributed by atoms with E-state index in [9.17, 15) is 18.7 Å². The number of nitrogens with zero attached hydrogens (tertiary/aromatic N) is 5. The summed E-state index contributed by atoms with van der Waals surface area (Å²) in [5, 5.41) is 0. The number of hydrogen-bond donors (Lipinski definition) is 5. The van der Waals surface area contributed by atoms with E-state index in [-0.39, 0.29) is 52.3 Å². The van der Waals surface area contributed by atoms with Gasteiger partial charge in [0, 0.05) is 24.6 Å². The van der Waals surface area contributed by atoms with Crippen LogP contribution in [0.4, 0.5) is 5.95 Å². The number of aromatic nitrogens is 6. The van der Waals surface area contributed by atoms with Crippen LogP contribution < -0.4 is 16.0 Å². The number of anilines is 1. The van der Waals surface area contributed by atoms with E-state index < -0.39 is 85.5 Å². The normalized spacial score (nSPS) is 31.8. The van der Waals surface area contributed by atoms with E-state index in [1.165, 1.54) is 17.2 Å². The highest BCUT2D eigenvalue weighted by Crippen LogP contribution is 2.61. The Morgan fingerprint density at radius 3 is 2.26 bits per heavy atom. The molecule has 318 valence electrons. The van der Waals surface area contributed by atoms with Crippen LogP contribution in [0.1, 0.15) is 74.5 Å². The highest BCUT2D eigenvalue weighted by atomic mass is 32.7. The zero-order valence-corrected chi connectivity index (χ0v) is 38.6. The van der Waals surface area contributed by atoms with Crippen LogP contribution in [0.2, 0.25) is 22.2 Å². The Labute approximate surface area is 343 Å². The molecule has 6 rings (SSSR count). The van der Waals surface area contributed by atoms with Gasteiger partial charge >= 0.3 is 30.7 Å². The maximum absolute atomic E-state index is 14.5. The van der Waals surface area contributed by atoms with Crippen molar-refractivity contribution in [1.29, 1.82) is 0 Å². The van der Waals surface area contributed by atoms with Crippen LogP contribution in [-0.4, -0.2) is 95.1 Å². The van der Waals surface area contributed by atoms with Gasteiger partial charge in [0.2, 0.25) is 11.8 Å². The van der Waals surface area contributed by atoms with E-state index in [2.05, 4.69) is 49.4 Å². The van der Waals surface area contributed by atoms with Crippen LogP contribution >= 0.6 is 38.1 Å². The van der Waals surface area contributed by atoms with Crippen molar-refractivity contribution in [2.45, 2.75) is 127 Å². The van der Waals surface area contributed by atoms with Crippen LogP contribution in [0, 0.1) is 5.92 Å². The van der Waals surface area contributed by atoms with E-state index >= 15 is 0 Å². The molecule has 4 N–H and O–H groups in total. The fourth-order valence-corrected chi connectivity index (χ4v) is 20.7. The molecule has 25 heteroatoms. The van der Waals surface area contributed by atoms with Crippen molar-refractivity contribution in [2.75, 3.05) is 18.9 Å². The Kier molecular flexibility index (Phi) is 13.7.